The summed E-state index contributed by atoms with van der Waals surface area (Å²) < 4.78 is 0. The fraction of sp³-hybridized carbons (Fsp3) is 0.600. The molecule has 14 heavy (non-hydrogen) atoms. The summed E-state index contributed by atoms with van der Waals surface area (Å²) in [6, 6.07) is 1.77. The van der Waals surface area contributed by atoms with Gasteiger partial charge in [0.25, 0.3) is 0 Å². The van der Waals surface area contributed by atoms with E-state index in [4.69, 9.17) is 11.6 Å². The van der Waals surface area contributed by atoms with Crippen LogP contribution in [0.5, 0.6) is 0 Å². The highest BCUT2D eigenvalue weighted by Gasteiger charge is 2.14. The van der Waals surface area contributed by atoms with Crippen LogP contribution in [-0.4, -0.2) is 23.6 Å². The third-order valence-electron chi connectivity index (χ3n) is 1.72. The fourth-order valence-electron chi connectivity index (χ4n) is 1.33. The molecule has 4 heteroatoms. The average molecular weight is 214 g/mol. The van der Waals surface area contributed by atoms with E-state index < -0.39 is 0 Å². The van der Waals surface area contributed by atoms with Crippen LogP contribution in [-0.2, 0) is 0 Å². The summed E-state index contributed by atoms with van der Waals surface area (Å²) >= 11 is 5.78. The minimum atomic E-state index is 0.242. The van der Waals surface area contributed by atoms with Crippen molar-refractivity contribution in [2.75, 3.05) is 18.5 Å². The number of anilines is 1. The maximum Gasteiger partial charge on any atom is 0.134 e. The van der Waals surface area contributed by atoms with Crippen molar-refractivity contribution in [2.24, 2.45) is 5.41 Å². The highest BCUT2D eigenvalue weighted by molar-refractivity contribution is 6.29. The zero-order chi connectivity index (χ0) is 10.8. The van der Waals surface area contributed by atoms with Crippen LogP contribution in [0.15, 0.2) is 12.4 Å². The minimum Gasteiger partial charge on any atom is -0.359 e. The van der Waals surface area contributed by atoms with Gasteiger partial charge in [0, 0.05) is 19.7 Å². The molecule has 0 aliphatic rings. The first-order chi connectivity index (χ1) is 6.38. The molecule has 0 unspecified atom stereocenters. The van der Waals surface area contributed by atoms with Gasteiger partial charge in [-0.15, -0.1) is 0 Å². The van der Waals surface area contributed by atoms with Gasteiger partial charge >= 0.3 is 0 Å². The fourth-order valence-corrected chi connectivity index (χ4v) is 1.47. The molecule has 0 fully saturated rings. The van der Waals surface area contributed by atoms with E-state index in [-0.39, 0.29) is 5.41 Å². The van der Waals surface area contributed by atoms with E-state index in [1.165, 1.54) is 6.33 Å². The monoisotopic (exact) mass is 213 g/mol. The SMILES string of the molecule is CN(CC(C)(C)C)c1cc(Cl)ncn1. The van der Waals surface area contributed by atoms with Crippen LogP contribution in [0, 0.1) is 5.41 Å². The molecule has 1 rings (SSSR count). The first-order valence-electron chi connectivity index (χ1n) is 4.57. The lowest BCUT2D eigenvalue weighted by Crippen LogP contribution is -2.29. The van der Waals surface area contributed by atoms with E-state index in [2.05, 4.69) is 35.6 Å². The zero-order valence-electron chi connectivity index (χ0n) is 9.08. The third kappa shape index (κ3) is 3.50. The van der Waals surface area contributed by atoms with Gasteiger partial charge < -0.3 is 4.90 Å². The highest BCUT2D eigenvalue weighted by atomic mass is 35.5. The molecule has 0 aromatic carbocycles. The van der Waals surface area contributed by atoms with Crippen LogP contribution >= 0.6 is 11.6 Å². The quantitative estimate of drug-likeness (QED) is 0.708. The van der Waals surface area contributed by atoms with E-state index in [9.17, 15) is 0 Å². The normalized spacial score (nSPS) is 11.5. The van der Waals surface area contributed by atoms with Gasteiger partial charge in [0.1, 0.15) is 17.3 Å². The molecule has 0 spiro atoms. The van der Waals surface area contributed by atoms with Gasteiger partial charge in [-0.05, 0) is 5.41 Å². The Kier molecular flexibility index (Phi) is 3.32. The van der Waals surface area contributed by atoms with E-state index in [0.29, 0.717) is 5.15 Å². The van der Waals surface area contributed by atoms with Crippen molar-refractivity contribution < 1.29 is 0 Å². The van der Waals surface area contributed by atoms with Crippen molar-refractivity contribution in [1.29, 1.82) is 0 Å². The summed E-state index contributed by atoms with van der Waals surface area (Å²) in [5, 5.41) is 0.482. The second kappa shape index (κ2) is 4.13. The lowest BCUT2D eigenvalue weighted by Gasteiger charge is -2.27. The molecule has 0 saturated heterocycles. The first kappa shape index (κ1) is 11.2. The maximum absolute atomic E-state index is 5.78. The molecule has 0 bridgehead atoms. The summed E-state index contributed by atoms with van der Waals surface area (Å²) in [4.78, 5) is 10.1. The molecule has 0 aliphatic carbocycles. The third-order valence-corrected chi connectivity index (χ3v) is 1.93. The predicted molar refractivity (Wildman–Crippen MR) is 59.8 cm³/mol. The number of hydrogen-bond donors (Lipinski definition) is 0. The smallest absolute Gasteiger partial charge is 0.134 e. The topological polar surface area (TPSA) is 29.0 Å². The molecule has 1 heterocycles. The van der Waals surface area contributed by atoms with E-state index in [1.807, 2.05) is 7.05 Å². The predicted octanol–water partition coefficient (Wildman–Crippen LogP) is 2.61. The highest BCUT2D eigenvalue weighted by Crippen LogP contribution is 2.19. The molecule has 1 aromatic heterocycles. The lowest BCUT2D eigenvalue weighted by molar-refractivity contribution is 0.417. The Hall–Kier alpha value is -0.830. The number of rotatable bonds is 2. The molecule has 0 radical (unpaired) electrons. The Balaban J connectivity index is 2.74. The van der Waals surface area contributed by atoms with Crippen molar-refractivity contribution in [2.45, 2.75) is 20.8 Å². The van der Waals surface area contributed by atoms with Crippen LogP contribution in [0.2, 0.25) is 5.15 Å². The first-order valence-corrected chi connectivity index (χ1v) is 4.95. The van der Waals surface area contributed by atoms with Gasteiger partial charge in [0.05, 0.1) is 0 Å². The average Bonchev–Trinajstić information content (AvgIpc) is 2.01. The second-order valence-electron chi connectivity index (χ2n) is 4.62. The van der Waals surface area contributed by atoms with Crippen LogP contribution in [0.1, 0.15) is 20.8 Å². The minimum absolute atomic E-state index is 0.242. The van der Waals surface area contributed by atoms with Gasteiger partial charge in [-0.3, -0.25) is 0 Å². The van der Waals surface area contributed by atoms with Crippen molar-refractivity contribution >= 4 is 17.4 Å². The number of aromatic nitrogens is 2. The van der Waals surface area contributed by atoms with Crippen LogP contribution in [0.4, 0.5) is 5.82 Å². The van der Waals surface area contributed by atoms with E-state index >= 15 is 0 Å². The molecule has 1 aromatic rings. The molecule has 78 valence electrons. The van der Waals surface area contributed by atoms with Crippen molar-refractivity contribution in [1.82, 2.24) is 9.97 Å². The molecule has 0 N–H and O–H groups in total. The Morgan fingerprint density at radius 2 is 2.00 bits per heavy atom. The molecule has 0 atom stereocenters. The summed E-state index contributed by atoms with van der Waals surface area (Å²) in [6.07, 6.45) is 1.48. The second-order valence-corrected chi connectivity index (χ2v) is 5.00. The van der Waals surface area contributed by atoms with Gasteiger partial charge in [0.2, 0.25) is 0 Å². The number of hydrogen-bond acceptors (Lipinski definition) is 3. The summed E-state index contributed by atoms with van der Waals surface area (Å²) in [5.74, 6) is 0.861. The van der Waals surface area contributed by atoms with Gasteiger partial charge in [-0.1, -0.05) is 32.4 Å². The molecular weight excluding hydrogens is 198 g/mol. The molecule has 0 saturated carbocycles. The summed E-state index contributed by atoms with van der Waals surface area (Å²) in [6.45, 7) is 7.49. The Bertz CT molecular complexity index is 306. The van der Waals surface area contributed by atoms with Gasteiger partial charge in [-0.2, -0.15) is 0 Å². The van der Waals surface area contributed by atoms with E-state index in [1.54, 1.807) is 6.07 Å². The number of halogens is 1. The summed E-state index contributed by atoms with van der Waals surface area (Å²) in [7, 11) is 2.00. The Morgan fingerprint density at radius 3 is 2.50 bits per heavy atom. The maximum atomic E-state index is 5.78. The molecular formula is C10H16ClN3. The van der Waals surface area contributed by atoms with Crippen molar-refractivity contribution in [3.05, 3.63) is 17.5 Å². The number of nitrogens with zero attached hydrogens (tertiary/aromatic N) is 3. The van der Waals surface area contributed by atoms with Crippen LogP contribution in [0.3, 0.4) is 0 Å². The standard InChI is InChI=1S/C10H16ClN3/c1-10(2,3)6-14(4)9-5-8(11)12-7-13-9/h5,7H,6H2,1-4H3. The van der Waals surface area contributed by atoms with Crippen LogP contribution < -0.4 is 4.90 Å². The summed E-state index contributed by atoms with van der Waals surface area (Å²) in [5.41, 5.74) is 0.242. The molecule has 3 nitrogen and oxygen atoms in total. The Labute approximate surface area is 90.1 Å². The lowest BCUT2D eigenvalue weighted by atomic mass is 9.96. The van der Waals surface area contributed by atoms with Gasteiger partial charge in [0.15, 0.2) is 0 Å². The molecule has 0 aliphatic heterocycles. The largest absolute Gasteiger partial charge is 0.359 e. The zero-order valence-corrected chi connectivity index (χ0v) is 9.84. The van der Waals surface area contributed by atoms with Crippen molar-refractivity contribution in [3.8, 4) is 0 Å². The Morgan fingerprint density at radius 1 is 1.36 bits per heavy atom. The molecule has 0 amide bonds. The van der Waals surface area contributed by atoms with E-state index in [0.717, 1.165) is 12.4 Å². The van der Waals surface area contributed by atoms with Crippen LogP contribution in [0.25, 0.3) is 0 Å². The van der Waals surface area contributed by atoms with Crippen molar-refractivity contribution in [3.63, 3.8) is 0 Å². The van der Waals surface area contributed by atoms with Gasteiger partial charge in [-0.25, -0.2) is 9.97 Å².